The van der Waals surface area contributed by atoms with E-state index in [1.807, 2.05) is 0 Å². The Labute approximate surface area is 157 Å². The summed E-state index contributed by atoms with van der Waals surface area (Å²) < 4.78 is 26.9. The van der Waals surface area contributed by atoms with Gasteiger partial charge in [-0.3, -0.25) is 10.1 Å². The summed E-state index contributed by atoms with van der Waals surface area (Å²) in [7, 11) is -3.73. The molecule has 0 atom stereocenters. The molecule has 0 bridgehead atoms. The molecule has 1 aliphatic heterocycles. The molecule has 144 valence electrons. The molecule has 0 saturated carbocycles. The van der Waals surface area contributed by atoms with Crippen LogP contribution in [0.1, 0.15) is 24.8 Å². The van der Waals surface area contributed by atoms with Gasteiger partial charge in [0.25, 0.3) is 5.69 Å². The van der Waals surface area contributed by atoms with E-state index in [0.717, 1.165) is 30.9 Å². The summed E-state index contributed by atoms with van der Waals surface area (Å²) in [6, 6.07) is 10.4. The number of hydrogen-bond acceptors (Lipinski definition) is 6. The molecular formula is C18H21N3O5S. The van der Waals surface area contributed by atoms with Crippen LogP contribution in [0.3, 0.4) is 0 Å². The predicted octanol–water partition coefficient (Wildman–Crippen LogP) is 3.09. The van der Waals surface area contributed by atoms with E-state index in [0.29, 0.717) is 19.6 Å². The zero-order valence-corrected chi connectivity index (χ0v) is 15.5. The number of benzene rings is 2. The fourth-order valence-corrected chi connectivity index (χ4v) is 4.58. The Kier molecular flexibility index (Phi) is 5.62. The van der Waals surface area contributed by atoms with Gasteiger partial charge in [-0.05, 0) is 42.7 Å². The number of piperidine rings is 1. The minimum absolute atomic E-state index is 0.0636. The SMILES string of the molecule is O=[N+]([O-])c1cc(S(=O)(=O)N2CCCCC2)ccc1NCc1ccc(O)cc1. The number of nitrogens with one attached hydrogen (secondary N) is 1. The zero-order valence-electron chi connectivity index (χ0n) is 14.7. The summed E-state index contributed by atoms with van der Waals surface area (Å²) >= 11 is 0. The van der Waals surface area contributed by atoms with Crippen molar-refractivity contribution in [2.24, 2.45) is 0 Å². The first kappa shape index (κ1) is 19.1. The maximum Gasteiger partial charge on any atom is 0.293 e. The van der Waals surface area contributed by atoms with Gasteiger partial charge in [0.05, 0.1) is 9.82 Å². The monoisotopic (exact) mass is 391 g/mol. The van der Waals surface area contributed by atoms with E-state index in [9.17, 15) is 23.6 Å². The Bertz CT molecular complexity index is 923. The summed E-state index contributed by atoms with van der Waals surface area (Å²) in [5.41, 5.74) is 0.782. The van der Waals surface area contributed by atoms with Crippen LogP contribution in [0.4, 0.5) is 11.4 Å². The Morgan fingerprint density at radius 3 is 2.37 bits per heavy atom. The van der Waals surface area contributed by atoms with E-state index in [-0.39, 0.29) is 22.0 Å². The van der Waals surface area contributed by atoms with Crippen molar-refractivity contribution < 1.29 is 18.4 Å². The number of aromatic hydroxyl groups is 1. The number of nitro benzene ring substituents is 1. The van der Waals surface area contributed by atoms with Crippen molar-refractivity contribution in [3.8, 4) is 5.75 Å². The van der Waals surface area contributed by atoms with Crippen molar-refractivity contribution in [1.82, 2.24) is 4.31 Å². The lowest BCUT2D eigenvalue weighted by molar-refractivity contribution is -0.384. The topological polar surface area (TPSA) is 113 Å². The van der Waals surface area contributed by atoms with Gasteiger partial charge in [-0.2, -0.15) is 4.31 Å². The lowest BCUT2D eigenvalue weighted by Crippen LogP contribution is -2.35. The second-order valence-corrected chi connectivity index (χ2v) is 8.36. The third kappa shape index (κ3) is 4.37. The Balaban J connectivity index is 1.84. The molecule has 0 aliphatic carbocycles. The highest BCUT2D eigenvalue weighted by Crippen LogP contribution is 2.30. The highest BCUT2D eigenvalue weighted by atomic mass is 32.2. The van der Waals surface area contributed by atoms with Gasteiger partial charge in [0.15, 0.2) is 0 Å². The van der Waals surface area contributed by atoms with E-state index < -0.39 is 14.9 Å². The first-order valence-corrected chi connectivity index (χ1v) is 10.1. The molecule has 2 aromatic rings. The van der Waals surface area contributed by atoms with Crippen molar-refractivity contribution in [3.63, 3.8) is 0 Å². The molecule has 0 spiro atoms. The van der Waals surface area contributed by atoms with E-state index in [1.165, 1.54) is 28.6 Å². The van der Waals surface area contributed by atoms with E-state index >= 15 is 0 Å². The third-order valence-electron chi connectivity index (χ3n) is 4.54. The highest BCUT2D eigenvalue weighted by Gasteiger charge is 2.28. The number of phenols is 1. The van der Waals surface area contributed by atoms with Gasteiger partial charge in [0, 0.05) is 25.7 Å². The average Bonchev–Trinajstić information content (AvgIpc) is 2.68. The molecule has 1 aliphatic rings. The molecule has 2 N–H and O–H groups in total. The lowest BCUT2D eigenvalue weighted by Gasteiger charge is -2.25. The van der Waals surface area contributed by atoms with Crippen molar-refractivity contribution in [2.75, 3.05) is 18.4 Å². The number of sulfonamides is 1. The highest BCUT2D eigenvalue weighted by molar-refractivity contribution is 7.89. The number of rotatable bonds is 6. The Hall–Kier alpha value is -2.65. The van der Waals surface area contributed by atoms with Crippen LogP contribution in [0.15, 0.2) is 47.4 Å². The van der Waals surface area contributed by atoms with Crippen LogP contribution < -0.4 is 5.32 Å². The molecule has 0 aromatic heterocycles. The quantitative estimate of drug-likeness (QED) is 0.578. The molecule has 27 heavy (non-hydrogen) atoms. The van der Waals surface area contributed by atoms with Crippen LogP contribution >= 0.6 is 0 Å². The maximum absolute atomic E-state index is 12.7. The van der Waals surface area contributed by atoms with Crippen LogP contribution in [-0.2, 0) is 16.6 Å². The fraction of sp³-hybridized carbons (Fsp3) is 0.333. The Morgan fingerprint density at radius 2 is 1.74 bits per heavy atom. The molecule has 9 heteroatoms. The maximum atomic E-state index is 12.7. The summed E-state index contributed by atoms with van der Waals surface area (Å²) in [6.07, 6.45) is 2.59. The predicted molar refractivity (Wildman–Crippen MR) is 101 cm³/mol. The second kappa shape index (κ2) is 7.93. The summed E-state index contributed by atoms with van der Waals surface area (Å²) in [5, 5.41) is 23.7. The van der Waals surface area contributed by atoms with Crippen molar-refractivity contribution >= 4 is 21.4 Å². The molecule has 2 aromatic carbocycles. The van der Waals surface area contributed by atoms with E-state index in [4.69, 9.17) is 0 Å². The van der Waals surface area contributed by atoms with Gasteiger partial charge < -0.3 is 10.4 Å². The van der Waals surface area contributed by atoms with Crippen LogP contribution in [0.5, 0.6) is 5.75 Å². The summed E-state index contributed by atoms with van der Waals surface area (Å²) in [6.45, 7) is 1.19. The van der Waals surface area contributed by atoms with E-state index in [1.54, 1.807) is 12.1 Å². The number of nitro groups is 1. The standard InChI is InChI=1S/C18H21N3O5S/c22-15-6-4-14(5-7-15)13-19-17-9-8-16(12-18(17)21(23)24)27(25,26)20-10-2-1-3-11-20/h4-9,12,19,22H,1-3,10-11,13H2. The largest absolute Gasteiger partial charge is 0.508 e. The molecule has 1 fully saturated rings. The molecule has 1 saturated heterocycles. The van der Waals surface area contributed by atoms with Gasteiger partial charge in [0.2, 0.25) is 10.0 Å². The smallest absolute Gasteiger partial charge is 0.293 e. The third-order valence-corrected chi connectivity index (χ3v) is 6.43. The molecule has 8 nitrogen and oxygen atoms in total. The van der Waals surface area contributed by atoms with Gasteiger partial charge in [0.1, 0.15) is 11.4 Å². The van der Waals surface area contributed by atoms with Crippen molar-refractivity contribution in [2.45, 2.75) is 30.7 Å². The minimum Gasteiger partial charge on any atom is -0.508 e. The zero-order chi connectivity index (χ0) is 19.4. The van der Waals surface area contributed by atoms with Crippen LogP contribution in [0.25, 0.3) is 0 Å². The van der Waals surface area contributed by atoms with Gasteiger partial charge in [-0.15, -0.1) is 0 Å². The van der Waals surface area contributed by atoms with E-state index in [2.05, 4.69) is 5.32 Å². The van der Waals surface area contributed by atoms with Crippen molar-refractivity contribution in [1.29, 1.82) is 0 Å². The Morgan fingerprint density at radius 1 is 1.07 bits per heavy atom. The van der Waals surface area contributed by atoms with Gasteiger partial charge in [-0.25, -0.2) is 8.42 Å². The molecule has 0 unspecified atom stereocenters. The number of hydrogen-bond donors (Lipinski definition) is 2. The van der Waals surface area contributed by atoms with Crippen LogP contribution in [0, 0.1) is 10.1 Å². The van der Waals surface area contributed by atoms with Crippen LogP contribution in [0.2, 0.25) is 0 Å². The van der Waals surface area contributed by atoms with Crippen molar-refractivity contribution in [3.05, 3.63) is 58.1 Å². The van der Waals surface area contributed by atoms with Gasteiger partial charge in [-0.1, -0.05) is 18.6 Å². The summed E-state index contributed by atoms with van der Waals surface area (Å²) in [4.78, 5) is 10.8. The van der Waals surface area contributed by atoms with Crippen LogP contribution in [-0.4, -0.2) is 35.8 Å². The first-order valence-electron chi connectivity index (χ1n) is 8.68. The normalized spacial score (nSPS) is 15.4. The van der Waals surface area contributed by atoms with Gasteiger partial charge >= 0.3 is 0 Å². The fourth-order valence-electron chi connectivity index (χ4n) is 3.04. The number of phenolic OH excluding ortho intramolecular Hbond substituents is 1. The molecule has 3 rings (SSSR count). The lowest BCUT2D eigenvalue weighted by atomic mass is 10.2. The second-order valence-electron chi connectivity index (χ2n) is 6.42. The molecule has 0 radical (unpaired) electrons. The summed E-state index contributed by atoms with van der Waals surface area (Å²) in [5.74, 6) is 0.136. The molecular weight excluding hydrogens is 370 g/mol. The number of anilines is 1. The molecule has 1 heterocycles. The average molecular weight is 391 g/mol. The number of nitrogens with zero attached hydrogens (tertiary/aromatic N) is 2. The first-order chi connectivity index (χ1) is 12.9. The molecule has 0 amide bonds. The minimum atomic E-state index is -3.73.